The van der Waals surface area contributed by atoms with Crippen molar-refractivity contribution in [2.24, 2.45) is 4.99 Å². The number of hydrogen-bond donors (Lipinski definition) is 1. The quantitative estimate of drug-likeness (QED) is 0.846. The van der Waals surface area contributed by atoms with Gasteiger partial charge in [-0.3, -0.25) is 9.89 Å². The van der Waals surface area contributed by atoms with Crippen LogP contribution < -0.4 is 5.32 Å². The minimum atomic E-state index is 0.480. The van der Waals surface area contributed by atoms with Gasteiger partial charge in [0, 0.05) is 19.6 Å². The van der Waals surface area contributed by atoms with Gasteiger partial charge in [0.15, 0.2) is 5.17 Å². The second-order valence-electron chi connectivity index (χ2n) is 5.40. The van der Waals surface area contributed by atoms with Crippen molar-refractivity contribution in [1.29, 1.82) is 0 Å². The van der Waals surface area contributed by atoms with Crippen molar-refractivity contribution in [3.8, 4) is 0 Å². The van der Waals surface area contributed by atoms with Crippen LogP contribution in [-0.4, -0.2) is 56.0 Å². The molecule has 0 radical (unpaired) electrons. The van der Waals surface area contributed by atoms with Crippen LogP contribution in [-0.2, 0) is 4.74 Å². The summed E-state index contributed by atoms with van der Waals surface area (Å²) in [6, 6.07) is 10.6. The highest BCUT2D eigenvalue weighted by molar-refractivity contribution is 8.14. The van der Waals surface area contributed by atoms with E-state index in [4.69, 9.17) is 4.74 Å². The van der Waals surface area contributed by atoms with Gasteiger partial charge in [-0.2, -0.15) is 0 Å². The summed E-state index contributed by atoms with van der Waals surface area (Å²) < 4.78 is 5.36. The summed E-state index contributed by atoms with van der Waals surface area (Å²) in [5.74, 6) is 0. The molecule has 4 nitrogen and oxygen atoms in total. The number of benzene rings is 1. The van der Waals surface area contributed by atoms with Gasteiger partial charge in [0.2, 0.25) is 0 Å². The van der Waals surface area contributed by atoms with Crippen LogP contribution in [0.15, 0.2) is 35.3 Å². The number of ether oxygens (including phenoxy) is 1. The van der Waals surface area contributed by atoms with Crippen LogP contribution in [0.4, 0.5) is 0 Å². The summed E-state index contributed by atoms with van der Waals surface area (Å²) in [6.45, 7) is 6.96. The van der Waals surface area contributed by atoms with E-state index in [1.54, 1.807) is 0 Å². The number of nitrogens with zero attached hydrogens (tertiary/aromatic N) is 2. The van der Waals surface area contributed by atoms with E-state index < -0.39 is 0 Å². The van der Waals surface area contributed by atoms with Crippen molar-refractivity contribution in [3.05, 3.63) is 35.9 Å². The highest BCUT2D eigenvalue weighted by Crippen LogP contribution is 2.33. The van der Waals surface area contributed by atoms with E-state index in [2.05, 4.69) is 45.5 Å². The monoisotopic (exact) mass is 305 g/mol. The predicted molar refractivity (Wildman–Crippen MR) is 89.0 cm³/mol. The van der Waals surface area contributed by atoms with Crippen LogP contribution in [0.2, 0.25) is 0 Å². The Morgan fingerprint density at radius 3 is 2.86 bits per heavy atom. The van der Waals surface area contributed by atoms with Crippen LogP contribution in [0.3, 0.4) is 0 Å². The lowest BCUT2D eigenvalue weighted by Gasteiger charge is -2.26. The third kappa shape index (κ3) is 4.46. The second-order valence-corrected chi connectivity index (χ2v) is 6.59. The van der Waals surface area contributed by atoms with Crippen molar-refractivity contribution in [1.82, 2.24) is 10.2 Å². The first-order valence-electron chi connectivity index (χ1n) is 7.72. The molecule has 21 heavy (non-hydrogen) atoms. The standard InChI is InChI=1S/C16H23N3OS/c1-2-5-14(6-3-1)15-13-18-16(21-15)17-7-4-8-19-9-11-20-12-10-19/h1-3,5-6,15H,4,7-13H2,(H,17,18). The first kappa shape index (κ1) is 14.9. The maximum absolute atomic E-state index is 5.36. The lowest BCUT2D eigenvalue weighted by Crippen LogP contribution is -2.37. The number of rotatable bonds is 5. The number of hydrogen-bond acceptors (Lipinski definition) is 5. The molecule has 1 saturated heterocycles. The van der Waals surface area contributed by atoms with E-state index >= 15 is 0 Å². The number of aliphatic imine (C=N–C) groups is 1. The van der Waals surface area contributed by atoms with Crippen LogP contribution in [0.1, 0.15) is 17.2 Å². The third-order valence-corrected chi connectivity index (χ3v) is 5.06. The van der Waals surface area contributed by atoms with E-state index in [1.165, 1.54) is 5.56 Å². The molecule has 1 fully saturated rings. The van der Waals surface area contributed by atoms with Gasteiger partial charge in [-0.05, 0) is 18.5 Å². The van der Waals surface area contributed by atoms with Gasteiger partial charge in [-0.15, -0.1) is 0 Å². The molecule has 114 valence electrons. The van der Waals surface area contributed by atoms with E-state index in [9.17, 15) is 0 Å². The minimum absolute atomic E-state index is 0.480. The number of amidine groups is 1. The Morgan fingerprint density at radius 2 is 2.05 bits per heavy atom. The van der Waals surface area contributed by atoms with Gasteiger partial charge in [-0.25, -0.2) is 0 Å². The van der Waals surface area contributed by atoms with E-state index in [-0.39, 0.29) is 0 Å². The Kier molecular flexibility index (Phi) is 5.54. The zero-order chi connectivity index (χ0) is 14.3. The number of nitrogens with one attached hydrogen (secondary N) is 1. The maximum Gasteiger partial charge on any atom is 0.157 e. The summed E-state index contributed by atoms with van der Waals surface area (Å²) in [7, 11) is 0. The van der Waals surface area contributed by atoms with Gasteiger partial charge in [0.25, 0.3) is 0 Å². The molecule has 1 aromatic rings. The molecule has 5 heteroatoms. The van der Waals surface area contributed by atoms with Gasteiger partial charge < -0.3 is 10.1 Å². The lowest BCUT2D eigenvalue weighted by molar-refractivity contribution is 0.0376. The van der Waals surface area contributed by atoms with Crippen molar-refractivity contribution in [2.75, 3.05) is 45.9 Å². The molecule has 0 aliphatic carbocycles. The normalized spacial score (nSPS) is 23.0. The lowest BCUT2D eigenvalue weighted by atomic mass is 10.1. The summed E-state index contributed by atoms with van der Waals surface area (Å²) in [4.78, 5) is 7.09. The molecule has 2 aliphatic rings. The molecule has 2 aliphatic heterocycles. The zero-order valence-electron chi connectivity index (χ0n) is 12.3. The van der Waals surface area contributed by atoms with Crippen LogP contribution in [0.25, 0.3) is 0 Å². The summed E-state index contributed by atoms with van der Waals surface area (Å²) in [5.41, 5.74) is 1.37. The van der Waals surface area contributed by atoms with E-state index in [0.717, 1.165) is 57.5 Å². The molecule has 0 saturated carbocycles. The maximum atomic E-state index is 5.36. The fraction of sp³-hybridized carbons (Fsp3) is 0.562. The van der Waals surface area contributed by atoms with E-state index in [1.807, 2.05) is 11.8 Å². The highest BCUT2D eigenvalue weighted by Gasteiger charge is 2.20. The van der Waals surface area contributed by atoms with Crippen molar-refractivity contribution in [2.45, 2.75) is 11.7 Å². The molecular formula is C16H23N3OS. The van der Waals surface area contributed by atoms with Crippen molar-refractivity contribution >= 4 is 16.9 Å². The zero-order valence-corrected chi connectivity index (χ0v) is 13.1. The van der Waals surface area contributed by atoms with E-state index in [0.29, 0.717) is 5.25 Å². The molecule has 0 amide bonds. The van der Waals surface area contributed by atoms with Crippen LogP contribution in [0.5, 0.6) is 0 Å². The highest BCUT2D eigenvalue weighted by atomic mass is 32.2. The molecule has 1 aromatic carbocycles. The predicted octanol–water partition coefficient (Wildman–Crippen LogP) is 2.14. The molecule has 1 N–H and O–H groups in total. The fourth-order valence-corrected chi connectivity index (χ4v) is 3.68. The molecule has 0 bridgehead atoms. The Balaban J connectivity index is 1.33. The molecule has 2 heterocycles. The molecule has 3 rings (SSSR count). The Labute approximate surface area is 131 Å². The second kappa shape index (κ2) is 7.82. The first-order chi connectivity index (χ1) is 10.4. The molecule has 1 unspecified atom stereocenters. The molecular weight excluding hydrogens is 282 g/mol. The summed E-state index contributed by atoms with van der Waals surface area (Å²) >= 11 is 1.86. The largest absolute Gasteiger partial charge is 0.379 e. The topological polar surface area (TPSA) is 36.9 Å². The van der Waals surface area contributed by atoms with Crippen molar-refractivity contribution in [3.63, 3.8) is 0 Å². The average molecular weight is 305 g/mol. The summed E-state index contributed by atoms with van der Waals surface area (Å²) in [5, 5.41) is 5.06. The average Bonchev–Trinajstić information content (AvgIpc) is 3.02. The third-order valence-electron chi connectivity index (χ3n) is 3.86. The van der Waals surface area contributed by atoms with Crippen LogP contribution >= 0.6 is 11.8 Å². The van der Waals surface area contributed by atoms with Crippen molar-refractivity contribution < 1.29 is 4.74 Å². The first-order valence-corrected chi connectivity index (χ1v) is 8.60. The number of thioether (sulfide) groups is 1. The SMILES string of the molecule is c1ccc(C2CN=C(NCCCN3CCOCC3)S2)cc1. The fourth-order valence-electron chi connectivity index (χ4n) is 2.64. The molecule has 0 aromatic heterocycles. The molecule has 0 spiro atoms. The van der Waals surface area contributed by atoms with Gasteiger partial charge in [0.05, 0.1) is 25.0 Å². The Bertz CT molecular complexity index is 460. The van der Waals surface area contributed by atoms with Gasteiger partial charge >= 0.3 is 0 Å². The smallest absolute Gasteiger partial charge is 0.157 e. The van der Waals surface area contributed by atoms with Gasteiger partial charge in [0.1, 0.15) is 0 Å². The Hall–Kier alpha value is -1.04. The molecule has 1 atom stereocenters. The Morgan fingerprint density at radius 1 is 1.24 bits per heavy atom. The van der Waals surface area contributed by atoms with Crippen LogP contribution in [0, 0.1) is 0 Å². The summed E-state index contributed by atoms with van der Waals surface area (Å²) in [6.07, 6.45) is 1.16. The van der Waals surface area contributed by atoms with Gasteiger partial charge in [-0.1, -0.05) is 42.1 Å². The number of morpholine rings is 1. The minimum Gasteiger partial charge on any atom is -0.379 e.